The number of carboxylic acid groups (broad SMARTS) is 1. The Hall–Kier alpha value is -1.82. The summed E-state index contributed by atoms with van der Waals surface area (Å²) in [4.78, 5) is 19.9. The fourth-order valence-electron chi connectivity index (χ4n) is 0.973. The van der Waals surface area contributed by atoms with Gasteiger partial charge < -0.3 is 14.6 Å². The van der Waals surface area contributed by atoms with E-state index in [1.807, 2.05) is 0 Å². The minimum Gasteiger partial charge on any atom is -0.514 e. The van der Waals surface area contributed by atoms with Crippen molar-refractivity contribution in [2.45, 2.75) is 5.88 Å². The van der Waals surface area contributed by atoms with Crippen molar-refractivity contribution >= 4 is 23.4 Å². The molecule has 0 aliphatic rings. The lowest BCUT2D eigenvalue weighted by Gasteiger charge is -2.11. The summed E-state index contributed by atoms with van der Waals surface area (Å²) in [5, 5.41) is 20.5. The molecule has 0 N–H and O–H groups in total. The smallest absolute Gasteiger partial charge is 0.269 e. The number of hydrogen-bond donors (Lipinski definition) is 0. The highest BCUT2D eigenvalue weighted by molar-refractivity contribution is 6.17. The van der Waals surface area contributed by atoms with E-state index < -0.39 is 11.1 Å². The molecule has 0 amide bonds. The van der Waals surface area contributed by atoms with Crippen LogP contribution in [0.1, 0.15) is 5.56 Å². The molecule has 0 unspecified atom stereocenters. The number of ether oxygens (including phenoxy) is 1. The molecule has 1 aromatic carbocycles. The Kier molecular flexibility index (Phi) is 3.46. The maximum Gasteiger partial charge on any atom is 0.269 e. The third kappa shape index (κ3) is 2.81. The molecule has 0 atom stereocenters. The number of halogens is 1. The van der Waals surface area contributed by atoms with E-state index >= 15 is 0 Å². The zero-order chi connectivity index (χ0) is 11.4. The number of nitro benzene ring substituents is 1. The average Bonchev–Trinajstić information content (AvgIpc) is 2.17. The lowest BCUT2D eigenvalue weighted by molar-refractivity contribution is -0.384. The van der Waals surface area contributed by atoms with Crippen LogP contribution in [-0.2, 0) is 5.88 Å². The normalized spacial score (nSPS) is 9.67. The second-order valence-electron chi connectivity index (χ2n) is 2.53. The van der Waals surface area contributed by atoms with Gasteiger partial charge in [-0.2, -0.15) is 0 Å². The molecule has 80 valence electrons. The summed E-state index contributed by atoms with van der Waals surface area (Å²) < 4.78 is 4.27. The van der Waals surface area contributed by atoms with Crippen molar-refractivity contribution in [1.29, 1.82) is 0 Å². The molecule has 0 heterocycles. The molecule has 6 nitrogen and oxygen atoms in total. The molecule has 0 aromatic heterocycles. The molecule has 0 fully saturated rings. The van der Waals surface area contributed by atoms with Crippen molar-refractivity contribution in [2.24, 2.45) is 0 Å². The van der Waals surface area contributed by atoms with Crippen molar-refractivity contribution in [1.82, 2.24) is 0 Å². The topological polar surface area (TPSA) is 92.5 Å². The zero-order valence-corrected chi connectivity index (χ0v) is 8.06. The van der Waals surface area contributed by atoms with Crippen molar-refractivity contribution < 1.29 is 19.6 Å². The Labute approximate surface area is 89.2 Å². The van der Waals surface area contributed by atoms with Gasteiger partial charge in [0.15, 0.2) is 0 Å². The van der Waals surface area contributed by atoms with Gasteiger partial charge >= 0.3 is 0 Å². The van der Waals surface area contributed by atoms with Crippen LogP contribution in [0.15, 0.2) is 18.2 Å². The summed E-state index contributed by atoms with van der Waals surface area (Å²) in [6, 6.07) is 3.42. The van der Waals surface area contributed by atoms with Gasteiger partial charge in [0, 0.05) is 18.0 Å². The third-order valence-corrected chi connectivity index (χ3v) is 1.88. The Morgan fingerprint density at radius 2 is 2.20 bits per heavy atom. The van der Waals surface area contributed by atoms with E-state index in [1.54, 1.807) is 0 Å². The fourth-order valence-corrected chi connectivity index (χ4v) is 1.18. The van der Waals surface area contributed by atoms with Gasteiger partial charge in [0.2, 0.25) is 0 Å². The average molecular weight is 231 g/mol. The van der Waals surface area contributed by atoms with E-state index in [1.165, 1.54) is 0 Å². The van der Waals surface area contributed by atoms with Crippen molar-refractivity contribution in [3.63, 3.8) is 0 Å². The number of benzene rings is 1. The number of carbonyl (C=O) groups is 1. The predicted octanol–water partition coefficient (Wildman–Crippen LogP) is 1.06. The van der Waals surface area contributed by atoms with Gasteiger partial charge in [-0.1, -0.05) is 0 Å². The molecule has 0 bridgehead atoms. The zero-order valence-electron chi connectivity index (χ0n) is 7.31. The number of hydrogen-bond acceptors (Lipinski definition) is 5. The minimum atomic E-state index is -1.74. The number of nitro groups is 1. The molecule has 1 aromatic rings. The van der Waals surface area contributed by atoms with Gasteiger partial charge in [-0.25, -0.2) is 0 Å². The third-order valence-electron chi connectivity index (χ3n) is 1.59. The van der Waals surface area contributed by atoms with Crippen LogP contribution in [0, 0.1) is 10.1 Å². The maximum atomic E-state index is 10.4. The Morgan fingerprint density at radius 1 is 1.53 bits per heavy atom. The highest BCUT2D eigenvalue weighted by atomic mass is 35.5. The number of carbonyl (C=O) groups excluding carboxylic acids is 1. The van der Waals surface area contributed by atoms with Crippen LogP contribution in [0.2, 0.25) is 0 Å². The number of rotatable bonds is 3. The van der Waals surface area contributed by atoms with Gasteiger partial charge in [0.25, 0.3) is 11.8 Å². The van der Waals surface area contributed by atoms with E-state index in [0.29, 0.717) is 0 Å². The maximum absolute atomic E-state index is 10.4. The first kappa shape index (κ1) is 11.3. The van der Waals surface area contributed by atoms with Crippen molar-refractivity contribution in [3.8, 4) is 5.75 Å². The predicted molar refractivity (Wildman–Crippen MR) is 48.7 cm³/mol. The largest absolute Gasteiger partial charge is 0.514 e. The summed E-state index contributed by atoms with van der Waals surface area (Å²) in [5.74, 6) is -0.153. The first-order chi connectivity index (χ1) is 7.04. The number of alkyl halides is 1. The molecule has 0 aliphatic carbocycles. The summed E-state index contributed by atoms with van der Waals surface area (Å²) in [7, 11) is 0. The second-order valence-corrected chi connectivity index (χ2v) is 2.80. The molecular formula is C8H5ClNO5-. The quantitative estimate of drug-likeness (QED) is 0.254. The van der Waals surface area contributed by atoms with Gasteiger partial charge in [-0.05, 0) is 11.6 Å². The SMILES string of the molecule is O=C([O-])Oc1ccc([N+](=O)[O-])cc1CCl. The lowest BCUT2D eigenvalue weighted by Crippen LogP contribution is -2.26. The minimum absolute atomic E-state index is 0.0596. The van der Waals surface area contributed by atoms with Crippen LogP contribution < -0.4 is 9.84 Å². The first-order valence-corrected chi connectivity index (χ1v) is 4.30. The molecule has 0 saturated heterocycles. The molecule has 1 rings (SSSR count). The lowest BCUT2D eigenvalue weighted by atomic mass is 10.2. The van der Waals surface area contributed by atoms with E-state index in [-0.39, 0.29) is 22.9 Å². The van der Waals surface area contributed by atoms with Gasteiger partial charge in [-0.3, -0.25) is 10.1 Å². The number of non-ortho nitro benzene ring substituents is 1. The van der Waals surface area contributed by atoms with E-state index in [4.69, 9.17) is 11.6 Å². The first-order valence-electron chi connectivity index (χ1n) is 3.76. The summed E-state index contributed by atoms with van der Waals surface area (Å²) >= 11 is 5.48. The molecule has 0 aliphatic heterocycles. The second kappa shape index (κ2) is 4.61. The van der Waals surface area contributed by atoms with Gasteiger partial charge in [-0.15, -0.1) is 11.6 Å². The molecule has 7 heteroatoms. The van der Waals surface area contributed by atoms with E-state index in [9.17, 15) is 20.0 Å². The van der Waals surface area contributed by atoms with Crippen LogP contribution in [0.25, 0.3) is 0 Å². The monoisotopic (exact) mass is 230 g/mol. The summed E-state index contributed by atoms with van der Waals surface area (Å²) in [5.41, 5.74) is 0.0337. The Morgan fingerprint density at radius 3 is 2.67 bits per heavy atom. The summed E-state index contributed by atoms with van der Waals surface area (Å²) in [6.45, 7) is 0. The summed E-state index contributed by atoms with van der Waals surface area (Å²) in [6.07, 6.45) is -1.74. The highest BCUT2D eigenvalue weighted by Gasteiger charge is 2.09. The van der Waals surface area contributed by atoms with Crippen molar-refractivity contribution in [3.05, 3.63) is 33.9 Å². The van der Waals surface area contributed by atoms with Crippen LogP contribution in [-0.4, -0.2) is 11.1 Å². The molecular weight excluding hydrogens is 226 g/mol. The highest BCUT2D eigenvalue weighted by Crippen LogP contribution is 2.25. The standard InChI is InChI=1S/C8H6ClNO5/c9-4-5-3-6(10(13)14)1-2-7(5)15-8(11)12/h1-3H,4H2,(H,11,12)/p-1. The van der Waals surface area contributed by atoms with E-state index in [2.05, 4.69) is 4.74 Å². The van der Waals surface area contributed by atoms with Gasteiger partial charge in [0.1, 0.15) is 0 Å². The van der Waals surface area contributed by atoms with Crippen LogP contribution in [0.4, 0.5) is 10.5 Å². The van der Waals surface area contributed by atoms with E-state index in [0.717, 1.165) is 18.2 Å². The molecule has 0 spiro atoms. The van der Waals surface area contributed by atoms with Crippen LogP contribution in [0.3, 0.4) is 0 Å². The number of nitrogens with zero attached hydrogens (tertiary/aromatic N) is 1. The van der Waals surface area contributed by atoms with Gasteiger partial charge in [0.05, 0.1) is 10.7 Å². The molecule has 0 saturated carbocycles. The Balaban J connectivity index is 3.08. The van der Waals surface area contributed by atoms with Crippen LogP contribution >= 0.6 is 11.6 Å². The molecule has 15 heavy (non-hydrogen) atoms. The fraction of sp³-hybridized carbons (Fsp3) is 0.125. The van der Waals surface area contributed by atoms with Crippen molar-refractivity contribution in [2.75, 3.05) is 0 Å². The Bertz CT molecular complexity index is 406. The van der Waals surface area contributed by atoms with Crippen LogP contribution in [0.5, 0.6) is 5.75 Å². The molecule has 0 radical (unpaired) electrons.